The van der Waals surface area contributed by atoms with E-state index < -0.39 is 0 Å². The molecule has 1 aromatic rings. The number of nitrogens with zero attached hydrogens (tertiary/aromatic N) is 1. The first-order valence-electron chi connectivity index (χ1n) is 3.88. The van der Waals surface area contributed by atoms with Gasteiger partial charge in [0.15, 0.2) is 0 Å². The summed E-state index contributed by atoms with van der Waals surface area (Å²) in [4.78, 5) is 10.1. The first-order chi connectivity index (χ1) is 5.79. The minimum Gasteiger partial charge on any atom is -0.264 e. The molecule has 1 fully saturated rings. The lowest BCUT2D eigenvalue weighted by Gasteiger charge is -1.93. The van der Waals surface area contributed by atoms with Crippen LogP contribution in [0.3, 0.4) is 0 Å². The Bertz CT molecular complexity index is 297. The van der Waals surface area contributed by atoms with Crippen LogP contribution < -0.4 is 0 Å². The van der Waals surface area contributed by atoms with Crippen LogP contribution in [0.2, 0.25) is 0 Å². The van der Waals surface area contributed by atoms with Gasteiger partial charge < -0.3 is 0 Å². The highest BCUT2D eigenvalue weighted by Crippen LogP contribution is 2.42. The van der Waals surface area contributed by atoms with E-state index in [9.17, 15) is 10.1 Å². The molecule has 0 aliphatic heterocycles. The fraction of sp³-hybridized carbons (Fsp3) is 0.333. The molecular weight excluding hydrogens is 154 g/mol. The molecule has 1 aliphatic carbocycles. The second-order valence-corrected chi connectivity index (χ2v) is 3.03. The smallest absolute Gasteiger partial charge is 0.221 e. The SMILES string of the molecule is O=[N+]([O-])[C@@H]1C[C@H]1c1cc[c]cc1. The molecule has 0 spiro atoms. The van der Waals surface area contributed by atoms with Gasteiger partial charge in [0.1, 0.15) is 0 Å². The standard InChI is InChI=1S/C9H8NO2/c11-10(12)9-6-8(9)7-4-2-1-3-5-7/h2-5,8-9H,6H2/t8-,9+/m0/s1. The van der Waals surface area contributed by atoms with Gasteiger partial charge in [0.2, 0.25) is 6.04 Å². The van der Waals surface area contributed by atoms with Crippen LogP contribution in [-0.4, -0.2) is 11.0 Å². The lowest BCUT2D eigenvalue weighted by Crippen LogP contribution is -2.02. The molecule has 0 unspecified atom stereocenters. The van der Waals surface area contributed by atoms with Crippen LogP contribution in [0.25, 0.3) is 0 Å². The molecule has 0 amide bonds. The predicted molar refractivity (Wildman–Crippen MR) is 43.4 cm³/mol. The van der Waals surface area contributed by atoms with E-state index in [-0.39, 0.29) is 16.9 Å². The summed E-state index contributed by atoms with van der Waals surface area (Å²) in [5, 5.41) is 10.3. The average Bonchev–Trinajstić information content (AvgIpc) is 2.84. The Morgan fingerprint density at radius 1 is 1.50 bits per heavy atom. The summed E-state index contributed by atoms with van der Waals surface area (Å²) in [6.45, 7) is 0. The molecule has 0 N–H and O–H groups in total. The zero-order valence-corrected chi connectivity index (χ0v) is 6.43. The Kier molecular flexibility index (Phi) is 1.57. The molecule has 1 aliphatic rings. The third kappa shape index (κ3) is 1.18. The molecule has 1 radical (unpaired) electrons. The number of hydrogen-bond acceptors (Lipinski definition) is 2. The molecule has 3 nitrogen and oxygen atoms in total. The molecular formula is C9H8NO2. The number of hydrogen-bond donors (Lipinski definition) is 0. The lowest BCUT2D eigenvalue weighted by atomic mass is 10.1. The summed E-state index contributed by atoms with van der Waals surface area (Å²) in [7, 11) is 0. The van der Waals surface area contributed by atoms with Crippen molar-refractivity contribution in [3.05, 3.63) is 46.0 Å². The highest BCUT2D eigenvalue weighted by molar-refractivity contribution is 5.25. The molecule has 3 heteroatoms. The zero-order chi connectivity index (χ0) is 8.55. The zero-order valence-electron chi connectivity index (χ0n) is 6.43. The van der Waals surface area contributed by atoms with E-state index in [2.05, 4.69) is 6.07 Å². The molecule has 1 saturated carbocycles. The third-order valence-electron chi connectivity index (χ3n) is 2.20. The van der Waals surface area contributed by atoms with Gasteiger partial charge in [-0.2, -0.15) is 0 Å². The Balaban J connectivity index is 2.11. The molecule has 2 rings (SSSR count). The van der Waals surface area contributed by atoms with Crippen molar-refractivity contribution in [2.24, 2.45) is 0 Å². The van der Waals surface area contributed by atoms with Gasteiger partial charge in [-0.05, 0) is 11.6 Å². The Morgan fingerprint density at radius 3 is 2.67 bits per heavy atom. The molecule has 0 aromatic heterocycles. The lowest BCUT2D eigenvalue weighted by molar-refractivity contribution is -0.496. The number of rotatable bonds is 2. The minimum absolute atomic E-state index is 0.148. The van der Waals surface area contributed by atoms with Gasteiger partial charge in [-0.1, -0.05) is 24.3 Å². The van der Waals surface area contributed by atoms with Crippen LogP contribution in [0.1, 0.15) is 17.9 Å². The van der Waals surface area contributed by atoms with E-state index in [0.29, 0.717) is 6.42 Å². The normalized spacial score (nSPS) is 26.7. The summed E-state index contributed by atoms with van der Waals surface area (Å²) in [5.74, 6) is 0.148. The van der Waals surface area contributed by atoms with Crippen LogP contribution in [0.4, 0.5) is 0 Å². The van der Waals surface area contributed by atoms with E-state index >= 15 is 0 Å². The Hall–Kier alpha value is -1.38. The Labute approximate surface area is 70.2 Å². The van der Waals surface area contributed by atoms with Crippen molar-refractivity contribution in [3.63, 3.8) is 0 Å². The summed E-state index contributed by atoms with van der Waals surface area (Å²) in [6.07, 6.45) is 0.691. The second kappa shape index (κ2) is 2.59. The van der Waals surface area contributed by atoms with Gasteiger partial charge in [-0.3, -0.25) is 10.1 Å². The average molecular weight is 162 g/mol. The van der Waals surface area contributed by atoms with Crippen LogP contribution in [0.15, 0.2) is 24.3 Å². The fourth-order valence-electron chi connectivity index (χ4n) is 1.42. The van der Waals surface area contributed by atoms with Crippen molar-refractivity contribution < 1.29 is 4.92 Å². The predicted octanol–water partition coefficient (Wildman–Crippen LogP) is 1.62. The summed E-state index contributed by atoms with van der Waals surface area (Å²) < 4.78 is 0. The molecule has 1 aromatic carbocycles. The highest BCUT2D eigenvalue weighted by Gasteiger charge is 2.48. The first-order valence-corrected chi connectivity index (χ1v) is 3.88. The van der Waals surface area contributed by atoms with Crippen molar-refractivity contribution in [1.82, 2.24) is 0 Å². The quantitative estimate of drug-likeness (QED) is 0.490. The van der Waals surface area contributed by atoms with Gasteiger partial charge in [-0.25, -0.2) is 0 Å². The molecule has 12 heavy (non-hydrogen) atoms. The van der Waals surface area contributed by atoms with Crippen LogP contribution >= 0.6 is 0 Å². The summed E-state index contributed by atoms with van der Waals surface area (Å²) in [6, 6.07) is 9.94. The summed E-state index contributed by atoms with van der Waals surface area (Å²) in [5.41, 5.74) is 1.07. The van der Waals surface area contributed by atoms with Crippen molar-refractivity contribution in [1.29, 1.82) is 0 Å². The van der Waals surface area contributed by atoms with E-state index in [1.165, 1.54) is 0 Å². The molecule has 0 bridgehead atoms. The van der Waals surface area contributed by atoms with Crippen LogP contribution in [0.5, 0.6) is 0 Å². The third-order valence-corrected chi connectivity index (χ3v) is 2.20. The maximum atomic E-state index is 10.3. The topological polar surface area (TPSA) is 43.1 Å². The maximum absolute atomic E-state index is 10.3. The van der Waals surface area contributed by atoms with E-state index in [4.69, 9.17) is 0 Å². The van der Waals surface area contributed by atoms with Crippen molar-refractivity contribution >= 4 is 0 Å². The first kappa shape index (κ1) is 7.28. The van der Waals surface area contributed by atoms with E-state index in [1.54, 1.807) is 12.1 Å². The minimum atomic E-state index is -0.340. The second-order valence-electron chi connectivity index (χ2n) is 3.03. The molecule has 0 saturated heterocycles. The Morgan fingerprint density at radius 2 is 2.17 bits per heavy atom. The van der Waals surface area contributed by atoms with Crippen molar-refractivity contribution in [3.8, 4) is 0 Å². The highest BCUT2D eigenvalue weighted by atomic mass is 16.6. The van der Waals surface area contributed by atoms with Crippen molar-refractivity contribution in [2.75, 3.05) is 0 Å². The molecule has 61 valence electrons. The molecule has 0 heterocycles. The fourth-order valence-corrected chi connectivity index (χ4v) is 1.42. The van der Waals surface area contributed by atoms with E-state index in [1.807, 2.05) is 12.1 Å². The van der Waals surface area contributed by atoms with Crippen LogP contribution in [0, 0.1) is 16.2 Å². The molecule has 2 atom stereocenters. The van der Waals surface area contributed by atoms with E-state index in [0.717, 1.165) is 5.56 Å². The monoisotopic (exact) mass is 162 g/mol. The van der Waals surface area contributed by atoms with Gasteiger partial charge in [0.25, 0.3) is 0 Å². The van der Waals surface area contributed by atoms with Gasteiger partial charge in [0, 0.05) is 11.3 Å². The largest absolute Gasteiger partial charge is 0.264 e. The maximum Gasteiger partial charge on any atom is 0.221 e. The van der Waals surface area contributed by atoms with Crippen molar-refractivity contribution in [2.45, 2.75) is 18.4 Å². The van der Waals surface area contributed by atoms with Gasteiger partial charge >= 0.3 is 0 Å². The summed E-state index contributed by atoms with van der Waals surface area (Å²) >= 11 is 0. The van der Waals surface area contributed by atoms with Gasteiger partial charge in [-0.15, -0.1) is 0 Å². The van der Waals surface area contributed by atoms with Gasteiger partial charge in [0.05, 0.1) is 5.92 Å². The number of benzene rings is 1. The number of nitro groups is 1. The van der Waals surface area contributed by atoms with Crippen LogP contribution in [-0.2, 0) is 0 Å².